The van der Waals surface area contributed by atoms with Crippen molar-refractivity contribution >= 4 is 17.7 Å². The van der Waals surface area contributed by atoms with Crippen LogP contribution in [0.5, 0.6) is 0 Å². The second kappa shape index (κ2) is 9.84. The summed E-state index contributed by atoms with van der Waals surface area (Å²) in [7, 11) is 1.35. The van der Waals surface area contributed by atoms with Crippen molar-refractivity contribution in [2.24, 2.45) is 0 Å². The molecule has 158 valence electrons. The third-order valence-corrected chi connectivity index (χ3v) is 5.59. The Hall–Kier alpha value is -2.74. The number of hydrogen-bond acceptors (Lipinski definition) is 5. The van der Waals surface area contributed by atoms with Gasteiger partial charge in [0, 0.05) is 36.3 Å². The molecule has 8 heteroatoms. The first kappa shape index (κ1) is 22.0. The zero-order valence-electron chi connectivity index (χ0n) is 17.1. The smallest absolute Gasteiger partial charge is 0.305 e. The molecule has 30 heavy (non-hydrogen) atoms. The second-order valence-corrected chi connectivity index (χ2v) is 8.16. The third kappa shape index (κ3) is 5.44. The number of imidazole rings is 1. The molecule has 0 N–H and O–H groups in total. The van der Waals surface area contributed by atoms with E-state index in [1.54, 1.807) is 12.4 Å². The van der Waals surface area contributed by atoms with E-state index in [1.807, 2.05) is 30.5 Å². The number of esters is 1. The molecule has 0 saturated heterocycles. The molecule has 5 nitrogen and oxygen atoms in total. The third-order valence-electron chi connectivity index (χ3n) is 4.49. The summed E-state index contributed by atoms with van der Waals surface area (Å²) in [5.74, 6) is -0.771. The Balaban J connectivity index is 2.06. The molecule has 0 aliphatic heterocycles. The number of carbonyl (C=O) groups is 1. The van der Waals surface area contributed by atoms with Crippen molar-refractivity contribution in [2.45, 2.75) is 49.1 Å². The minimum Gasteiger partial charge on any atom is -0.469 e. The Bertz CT molecular complexity index is 1000. The van der Waals surface area contributed by atoms with E-state index in [4.69, 9.17) is 9.72 Å². The zero-order valence-corrected chi connectivity index (χ0v) is 17.9. The number of nitrogens with zero attached hydrogens (tertiary/aromatic N) is 3. The summed E-state index contributed by atoms with van der Waals surface area (Å²) in [6, 6.07) is 7.25. The molecule has 0 aliphatic rings. The maximum Gasteiger partial charge on any atom is 0.305 e. The molecule has 1 aromatic carbocycles. The Kier molecular flexibility index (Phi) is 7.20. The average molecular weight is 432 g/mol. The monoisotopic (exact) mass is 431 g/mol. The molecular weight excluding hydrogens is 408 g/mol. The highest BCUT2D eigenvalue weighted by Gasteiger charge is 2.22. The molecule has 2 aromatic heterocycles. The number of hydrogen-bond donors (Lipinski definition) is 0. The fraction of sp³-hybridized carbons (Fsp3) is 0.318. The zero-order chi connectivity index (χ0) is 21.7. The summed E-state index contributed by atoms with van der Waals surface area (Å²) in [6.45, 7) is 4.53. The molecule has 0 saturated carbocycles. The van der Waals surface area contributed by atoms with Crippen LogP contribution in [0.4, 0.5) is 8.78 Å². The van der Waals surface area contributed by atoms with E-state index in [0.29, 0.717) is 17.9 Å². The first-order valence-electron chi connectivity index (χ1n) is 9.56. The van der Waals surface area contributed by atoms with Crippen molar-refractivity contribution in [3.05, 3.63) is 71.4 Å². The number of aromatic nitrogens is 3. The molecule has 0 unspecified atom stereocenters. The molecule has 0 fully saturated rings. The highest BCUT2D eigenvalue weighted by atomic mass is 32.2. The minimum atomic E-state index is -0.630. The van der Waals surface area contributed by atoms with E-state index in [2.05, 4.69) is 4.98 Å². The van der Waals surface area contributed by atoms with E-state index in [9.17, 15) is 13.6 Å². The van der Waals surface area contributed by atoms with Crippen LogP contribution in [0.2, 0.25) is 0 Å². The van der Waals surface area contributed by atoms with E-state index in [0.717, 1.165) is 28.2 Å². The Morgan fingerprint density at radius 1 is 1.17 bits per heavy atom. The molecule has 0 atom stereocenters. The second-order valence-electron chi connectivity index (χ2n) is 7.10. The number of aryl methyl sites for hydroxylation is 1. The van der Waals surface area contributed by atoms with Crippen molar-refractivity contribution in [3.8, 4) is 0 Å². The average Bonchev–Trinajstić information content (AvgIpc) is 3.03. The summed E-state index contributed by atoms with van der Waals surface area (Å²) in [5.41, 5.74) is 1.82. The van der Waals surface area contributed by atoms with Gasteiger partial charge in [0.05, 0.1) is 19.2 Å². The lowest BCUT2D eigenvalue weighted by Gasteiger charge is -2.14. The van der Waals surface area contributed by atoms with Crippen LogP contribution < -0.4 is 0 Å². The minimum absolute atomic E-state index is 0.0847. The lowest BCUT2D eigenvalue weighted by molar-refractivity contribution is -0.140. The SMILES string of the molecule is COC(=O)CCc1nc(C(C)C)c(Sc2cc(F)cc(F)c2)n1Cc1ccncc1. The Labute approximate surface area is 178 Å². The number of pyridine rings is 1. The van der Waals surface area contributed by atoms with Crippen LogP contribution in [0.3, 0.4) is 0 Å². The predicted octanol–water partition coefficient (Wildman–Crippen LogP) is 4.98. The van der Waals surface area contributed by atoms with Gasteiger partial charge in [-0.2, -0.15) is 0 Å². The normalized spacial score (nSPS) is 11.1. The van der Waals surface area contributed by atoms with Gasteiger partial charge in [0.2, 0.25) is 0 Å². The van der Waals surface area contributed by atoms with Gasteiger partial charge in [-0.15, -0.1) is 0 Å². The molecule has 3 aromatic rings. The van der Waals surface area contributed by atoms with Crippen LogP contribution in [0, 0.1) is 11.6 Å². The number of methoxy groups -OCH3 is 1. The fourth-order valence-electron chi connectivity index (χ4n) is 3.03. The van der Waals surface area contributed by atoms with Crippen LogP contribution in [0.1, 0.15) is 43.3 Å². The predicted molar refractivity (Wildman–Crippen MR) is 110 cm³/mol. The summed E-state index contributed by atoms with van der Waals surface area (Å²) in [6.07, 6.45) is 4.01. The maximum atomic E-state index is 13.8. The molecule has 0 amide bonds. The van der Waals surface area contributed by atoms with Crippen LogP contribution in [0.15, 0.2) is 52.6 Å². The van der Waals surface area contributed by atoms with Crippen molar-refractivity contribution in [2.75, 3.05) is 7.11 Å². The largest absolute Gasteiger partial charge is 0.469 e. The Morgan fingerprint density at radius 3 is 2.43 bits per heavy atom. The summed E-state index contributed by atoms with van der Waals surface area (Å²) in [4.78, 5) is 21.0. The number of ether oxygens (including phenoxy) is 1. The molecular formula is C22H23F2N3O2S. The molecule has 3 rings (SSSR count). The summed E-state index contributed by atoms with van der Waals surface area (Å²) >= 11 is 1.27. The van der Waals surface area contributed by atoms with Crippen molar-refractivity contribution in [1.82, 2.24) is 14.5 Å². The standard InChI is InChI=1S/C22H23F2N3O2S/c1-14(2)21-22(30-18-11-16(23)10-17(24)12-18)27(13-15-6-8-25-9-7-15)19(26-21)4-5-20(28)29-3/h6-12,14H,4-5,13H2,1-3H3. The van der Waals surface area contributed by atoms with Gasteiger partial charge in [0.1, 0.15) is 22.5 Å². The van der Waals surface area contributed by atoms with Crippen molar-refractivity contribution in [3.63, 3.8) is 0 Å². The summed E-state index contributed by atoms with van der Waals surface area (Å²) < 4.78 is 34.3. The van der Waals surface area contributed by atoms with Gasteiger partial charge in [-0.1, -0.05) is 25.6 Å². The maximum absolute atomic E-state index is 13.8. The van der Waals surface area contributed by atoms with Gasteiger partial charge in [-0.25, -0.2) is 13.8 Å². The topological polar surface area (TPSA) is 57.0 Å². The van der Waals surface area contributed by atoms with Gasteiger partial charge in [0.15, 0.2) is 0 Å². The fourth-order valence-corrected chi connectivity index (χ4v) is 4.26. The van der Waals surface area contributed by atoms with Gasteiger partial charge in [-0.3, -0.25) is 9.78 Å². The molecule has 0 spiro atoms. The highest BCUT2D eigenvalue weighted by molar-refractivity contribution is 7.99. The van der Waals surface area contributed by atoms with Crippen LogP contribution in [0.25, 0.3) is 0 Å². The van der Waals surface area contributed by atoms with Gasteiger partial charge in [0.25, 0.3) is 0 Å². The number of halogens is 2. The number of benzene rings is 1. The van der Waals surface area contributed by atoms with Crippen LogP contribution in [-0.4, -0.2) is 27.6 Å². The quantitative estimate of drug-likeness (QED) is 0.471. The summed E-state index contributed by atoms with van der Waals surface area (Å²) in [5, 5.41) is 0.798. The van der Waals surface area contributed by atoms with Gasteiger partial charge in [-0.05, 0) is 35.7 Å². The van der Waals surface area contributed by atoms with Crippen molar-refractivity contribution in [1.29, 1.82) is 0 Å². The van der Waals surface area contributed by atoms with Crippen LogP contribution >= 0.6 is 11.8 Å². The highest BCUT2D eigenvalue weighted by Crippen LogP contribution is 2.36. The molecule has 0 bridgehead atoms. The Morgan fingerprint density at radius 2 is 1.83 bits per heavy atom. The molecule has 2 heterocycles. The first-order chi connectivity index (χ1) is 14.4. The van der Waals surface area contributed by atoms with Gasteiger partial charge < -0.3 is 9.30 Å². The lowest BCUT2D eigenvalue weighted by atomic mass is 10.1. The van der Waals surface area contributed by atoms with E-state index < -0.39 is 11.6 Å². The van der Waals surface area contributed by atoms with Crippen LogP contribution in [-0.2, 0) is 22.5 Å². The van der Waals surface area contributed by atoms with Crippen molar-refractivity contribution < 1.29 is 18.3 Å². The van der Waals surface area contributed by atoms with E-state index in [-0.39, 0.29) is 18.3 Å². The first-order valence-corrected chi connectivity index (χ1v) is 10.4. The van der Waals surface area contributed by atoms with E-state index >= 15 is 0 Å². The molecule has 0 radical (unpaired) electrons. The number of rotatable bonds is 8. The van der Waals surface area contributed by atoms with E-state index in [1.165, 1.54) is 31.0 Å². The molecule has 0 aliphatic carbocycles. The lowest BCUT2D eigenvalue weighted by Crippen LogP contribution is -2.10. The number of carbonyl (C=O) groups excluding carboxylic acids is 1. The van der Waals surface area contributed by atoms with Gasteiger partial charge >= 0.3 is 5.97 Å².